The molecule has 0 radical (unpaired) electrons. The number of carbonyl (C=O) groups is 1. The number of para-hydroxylation sites is 1. The van der Waals surface area contributed by atoms with Gasteiger partial charge in [0.1, 0.15) is 0 Å². The average Bonchev–Trinajstić information content (AvgIpc) is 2.68. The van der Waals surface area contributed by atoms with Crippen molar-refractivity contribution in [2.45, 2.75) is 23.9 Å². The van der Waals surface area contributed by atoms with Crippen LogP contribution in [0.2, 0.25) is 0 Å². The zero-order chi connectivity index (χ0) is 20.4. The Morgan fingerprint density at radius 2 is 1.64 bits per heavy atom. The number of alkyl halides is 3. The van der Waals surface area contributed by atoms with E-state index in [0.717, 1.165) is 22.5 Å². The molecule has 2 aromatic rings. The molecule has 0 saturated carbocycles. The Morgan fingerprint density at radius 1 is 1.00 bits per heavy atom. The summed E-state index contributed by atoms with van der Waals surface area (Å²) >= 11 is 0. The number of amides is 1. The molecule has 3 rings (SSSR count). The first-order chi connectivity index (χ1) is 13.2. The molecule has 1 aliphatic rings. The summed E-state index contributed by atoms with van der Waals surface area (Å²) in [4.78, 5) is 12.0. The Labute approximate surface area is 161 Å². The van der Waals surface area contributed by atoms with Gasteiger partial charge in [0.15, 0.2) is 0 Å². The molecule has 0 aliphatic carbocycles. The van der Waals surface area contributed by atoms with Crippen molar-refractivity contribution < 1.29 is 26.4 Å². The summed E-state index contributed by atoms with van der Waals surface area (Å²) in [6.45, 7) is 0.150. The fraction of sp³-hybridized carbons (Fsp3) is 0.316. The minimum atomic E-state index is -4.62. The van der Waals surface area contributed by atoms with Crippen LogP contribution >= 0.6 is 0 Å². The molecular weight excluding hydrogens is 393 g/mol. The van der Waals surface area contributed by atoms with Crippen LogP contribution < -0.4 is 5.32 Å². The summed E-state index contributed by atoms with van der Waals surface area (Å²) in [5, 5.41) is 2.79. The molecule has 28 heavy (non-hydrogen) atoms. The number of benzene rings is 2. The normalized spacial score (nSPS) is 16.7. The third kappa shape index (κ3) is 4.53. The van der Waals surface area contributed by atoms with Gasteiger partial charge in [-0.1, -0.05) is 24.3 Å². The Bertz CT molecular complexity index is 938. The zero-order valence-electron chi connectivity index (χ0n) is 14.8. The molecular formula is C19H19F3N2O3S. The first-order valence-corrected chi connectivity index (χ1v) is 10.2. The summed E-state index contributed by atoms with van der Waals surface area (Å²) in [6.07, 6.45) is -4.01. The van der Waals surface area contributed by atoms with Gasteiger partial charge in [-0.25, -0.2) is 8.42 Å². The molecule has 1 saturated heterocycles. The molecule has 5 nitrogen and oxygen atoms in total. The molecule has 0 bridgehead atoms. The van der Waals surface area contributed by atoms with E-state index in [9.17, 15) is 26.4 Å². The second-order valence-electron chi connectivity index (χ2n) is 6.56. The minimum absolute atomic E-state index is 0.0749. The van der Waals surface area contributed by atoms with Crippen molar-refractivity contribution in [1.29, 1.82) is 0 Å². The lowest BCUT2D eigenvalue weighted by molar-refractivity contribution is -0.137. The van der Waals surface area contributed by atoms with Crippen molar-refractivity contribution in [1.82, 2.24) is 4.31 Å². The van der Waals surface area contributed by atoms with Crippen LogP contribution in [0.25, 0.3) is 0 Å². The van der Waals surface area contributed by atoms with Gasteiger partial charge in [0.05, 0.1) is 10.5 Å². The van der Waals surface area contributed by atoms with Gasteiger partial charge in [0.25, 0.3) is 0 Å². The lowest BCUT2D eigenvalue weighted by Gasteiger charge is -2.30. The zero-order valence-corrected chi connectivity index (χ0v) is 15.6. The van der Waals surface area contributed by atoms with E-state index in [0.29, 0.717) is 24.6 Å². The molecule has 2 aromatic carbocycles. The Kier molecular flexibility index (Phi) is 5.76. The van der Waals surface area contributed by atoms with Gasteiger partial charge in [0.2, 0.25) is 15.9 Å². The average molecular weight is 412 g/mol. The van der Waals surface area contributed by atoms with Gasteiger partial charge >= 0.3 is 6.18 Å². The highest BCUT2D eigenvalue weighted by atomic mass is 32.2. The van der Waals surface area contributed by atoms with E-state index in [-0.39, 0.29) is 24.9 Å². The molecule has 150 valence electrons. The smallest absolute Gasteiger partial charge is 0.326 e. The Hall–Kier alpha value is -2.39. The molecule has 1 fully saturated rings. The van der Waals surface area contributed by atoms with Crippen LogP contribution in [0.5, 0.6) is 0 Å². The maximum atomic E-state index is 12.9. The Morgan fingerprint density at radius 3 is 2.25 bits per heavy atom. The number of hydrogen-bond acceptors (Lipinski definition) is 3. The molecule has 1 heterocycles. The van der Waals surface area contributed by atoms with E-state index in [1.807, 2.05) is 6.07 Å². The number of anilines is 1. The predicted octanol–water partition coefficient (Wildman–Crippen LogP) is 3.74. The second kappa shape index (κ2) is 7.92. The van der Waals surface area contributed by atoms with E-state index >= 15 is 0 Å². The fourth-order valence-corrected chi connectivity index (χ4v) is 4.62. The van der Waals surface area contributed by atoms with Crippen molar-refractivity contribution in [3.8, 4) is 0 Å². The summed E-state index contributed by atoms with van der Waals surface area (Å²) in [7, 11) is -4.05. The van der Waals surface area contributed by atoms with Crippen molar-refractivity contribution >= 4 is 21.6 Å². The molecule has 0 atom stereocenters. The van der Waals surface area contributed by atoms with Crippen molar-refractivity contribution in [2.24, 2.45) is 5.92 Å². The number of halogens is 3. The van der Waals surface area contributed by atoms with Crippen LogP contribution in [0.3, 0.4) is 0 Å². The third-order valence-electron chi connectivity index (χ3n) is 4.67. The molecule has 1 aliphatic heterocycles. The lowest BCUT2D eigenvalue weighted by atomic mass is 9.97. The highest BCUT2D eigenvalue weighted by Gasteiger charge is 2.35. The minimum Gasteiger partial charge on any atom is -0.326 e. The number of hydrogen-bond donors (Lipinski definition) is 1. The number of nitrogens with zero attached hydrogens (tertiary/aromatic N) is 1. The van der Waals surface area contributed by atoms with E-state index in [4.69, 9.17) is 0 Å². The summed E-state index contributed by atoms with van der Waals surface area (Å²) in [5.74, 6) is -0.546. The van der Waals surface area contributed by atoms with Crippen LogP contribution in [-0.2, 0) is 21.0 Å². The van der Waals surface area contributed by atoms with Gasteiger partial charge in [-0.3, -0.25) is 4.79 Å². The van der Waals surface area contributed by atoms with Crippen molar-refractivity contribution in [3.63, 3.8) is 0 Å². The highest BCUT2D eigenvalue weighted by Crippen LogP contribution is 2.32. The van der Waals surface area contributed by atoms with Gasteiger partial charge in [-0.2, -0.15) is 17.5 Å². The number of nitrogens with one attached hydrogen (secondary N) is 1. The quantitative estimate of drug-likeness (QED) is 0.832. The highest BCUT2D eigenvalue weighted by molar-refractivity contribution is 7.89. The number of piperidine rings is 1. The number of rotatable bonds is 4. The van der Waals surface area contributed by atoms with Crippen LogP contribution in [-0.4, -0.2) is 31.7 Å². The van der Waals surface area contributed by atoms with Crippen molar-refractivity contribution in [3.05, 3.63) is 60.2 Å². The lowest BCUT2D eigenvalue weighted by Crippen LogP contribution is -2.41. The van der Waals surface area contributed by atoms with Gasteiger partial charge in [-0.15, -0.1) is 0 Å². The molecule has 1 N–H and O–H groups in total. The topological polar surface area (TPSA) is 66.5 Å². The first-order valence-electron chi connectivity index (χ1n) is 8.71. The summed E-state index contributed by atoms with van der Waals surface area (Å²) in [6, 6.07) is 12.6. The SMILES string of the molecule is O=C(Nc1ccccc1)C1CCN(S(=O)(=O)c2cccc(C(F)(F)F)c2)CC1. The van der Waals surface area contributed by atoms with Gasteiger partial charge in [-0.05, 0) is 43.2 Å². The van der Waals surface area contributed by atoms with Crippen LogP contribution in [0.15, 0.2) is 59.5 Å². The van der Waals surface area contributed by atoms with E-state index < -0.39 is 26.7 Å². The van der Waals surface area contributed by atoms with Crippen LogP contribution in [0.1, 0.15) is 18.4 Å². The molecule has 9 heteroatoms. The van der Waals surface area contributed by atoms with E-state index in [2.05, 4.69) is 5.32 Å². The molecule has 0 aromatic heterocycles. The third-order valence-corrected chi connectivity index (χ3v) is 6.56. The van der Waals surface area contributed by atoms with E-state index in [1.165, 1.54) is 0 Å². The largest absolute Gasteiger partial charge is 0.416 e. The molecule has 0 unspecified atom stereocenters. The van der Waals surface area contributed by atoms with Crippen LogP contribution in [0, 0.1) is 5.92 Å². The van der Waals surface area contributed by atoms with E-state index in [1.54, 1.807) is 24.3 Å². The maximum absolute atomic E-state index is 12.9. The maximum Gasteiger partial charge on any atom is 0.416 e. The van der Waals surface area contributed by atoms with Gasteiger partial charge < -0.3 is 5.32 Å². The first kappa shape index (κ1) is 20.3. The number of sulfonamides is 1. The Balaban J connectivity index is 1.66. The standard InChI is InChI=1S/C19H19F3N2O3S/c20-19(21,22)15-5-4-8-17(13-15)28(26,27)24-11-9-14(10-12-24)18(25)23-16-6-2-1-3-7-16/h1-8,13-14H,9-12H2,(H,23,25). The van der Waals surface area contributed by atoms with Crippen molar-refractivity contribution in [2.75, 3.05) is 18.4 Å². The summed E-state index contributed by atoms with van der Waals surface area (Å²) in [5.41, 5.74) is -0.350. The predicted molar refractivity (Wildman–Crippen MR) is 98.0 cm³/mol. The fourth-order valence-electron chi connectivity index (χ4n) is 3.11. The molecule has 1 amide bonds. The monoisotopic (exact) mass is 412 g/mol. The number of carbonyl (C=O) groups excluding carboxylic acids is 1. The second-order valence-corrected chi connectivity index (χ2v) is 8.50. The molecule has 0 spiro atoms. The van der Waals surface area contributed by atoms with Gasteiger partial charge in [0, 0.05) is 24.7 Å². The van der Waals surface area contributed by atoms with Crippen LogP contribution in [0.4, 0.5) is 18.9 Å². The summed E-state index contributed by atoms with van der Waals surface area (Å²) < 4.78 is 65.1.